The highest BCUT2D eigenvalue weighted by Crippen LogP contribution is 2.19. The second kappa shape index (κ2) is 37.1. The van der Waals surface area contributed by atoms with Gasteiger partial charge in [0.25, 0.3) is 0 Å². The average molecular weight is 817 g/mol. The van der Waals surface area contributed by atoms with E-state index in [9.17, 15) is 9.59 Å². The third-order valence-corrected chi connectivity index (χ3v) is 11.9. The number of benzene rings is 2. The van der Waals surface area contributed by atoms with Gasteiger partial charge in [0.15, 0.2) is 0 Å². The average Bonchev–Trinajstić information content (AvgIpc) is 3.22. The van der Waals surface area contributed by atoms with Crippen LogP contribution in [0.3, 0.4) is 0 Å². The molecule has 0 aliphatic heterocycles. The van der Waals surface area contributed by atoms with Gasteiger partial charge in [0.05, 0.1) is 0 Å². The number of carbonyl (C=O) groups excluding carboxylic acids is 2. The molecule has 0 atom stereocenters. The minimum atomic E-state index is 0.0962. The molecule has 59 heavy (non-hydrogen) atoms. The molecule has 336 valence electrons. The van der Waals surface area contributed by atoms with Crippen LogP contribution in [-0.4, -0.2) is 60.9 Å². The van der Waals surface area contributed by atoms with Crippen LogP contribution in [0.15, 0.2) is 48.5 Å². The molecule has 0 spiro atoms. The first-order chi connectivity index (χ1) is 29.0. The Bertz CT molecular complexity index is 1170. The van der Waals surface area contributed by atoms with Gasteiger partial charge in [-0.25, -0.2) is 0 Å². The summed E-state index contributed by atoms with van der Waals surface area (Å²) in [5, 5.41) is 6.35. The number of hydrogen-bond donors (Lipinski definition) is 2. The molecule has 0 unspecified atom stereocenters. The number of rotatable bonds is 40. The van der Waals surface area contributed by atoms with E-state index < -0.39 is 0 Å². The van der Waals surface area contributed by atoms with Crippen molar-refractivity contribution in [2.45, 2.75) is 214 Å². The van der Waals surface area contributed by atoms with Crippen LogP contribution in [0.25, 0.3) is 0 Å². The van der Waals surface area contributed by atoms with Crippen LogP contribution in [0.4, 0.5) is 11.4 Å². The zero-order valence-electron chi connectivity index (χ0n) is 39.1. The molecule has 2 rings (SSSR count). The number of amides is 2. The summed E-state index contributed by atoms with van der Waals surface area (Å²) >= 11 is 0. The molecule has 0 heterocycles. The zero-order chi connectivity index (χ0) is 42.4. The maximum atomic E-state index is 13.1. The lowest BCUT2D eigenvalue weighted by Crippen LogP contribution is -2.28. The summed E-state index contributed by atoms with van der Waals surface area (Å²) in [6, 6.07) is 16.5. The van der Waals surface area contributed by atoms with Crippen molar-refractivity contribution in [3.63, 3.8) is 0 Å². The van der Waals surface area contributed by atoms with E-state index in [1.165, 1.54) is 154 Å². The van der Waals surface area contributed by atoms with Crippen molar-refractivity contribution in [1.29, 1.82) is 0 Å². The van der Waals surface area contributed by atoms with E-state index >= 15 is 0 Å². The van der Waals surface area contributed by atoms with Crippen molar-refractivity contribution < 1.29 is 9.59 Å². The maximum Gasteiger partial charge on any atom is 0.224 e. The first-order valence-corrected chi connectivity index (χ1v) is 25.2. The van der Waals surface area contributed by atoms with Gasteiger partial charge in [-0.05, 0) is 120 Å². The fraction of sp³-hybridized carbons (Fsp3) is 0.736. The van der Waals surface area contributed by atoms with Gasteiger partial charge in [0, 0.05) is 24.2 Å². The van der Waals surface area contributed by atoms with Crippen LogP contribution in [0.5, 0.6) is 0 Å². The standard InChI is InChI=1S/C53H92N4O2/c1-5-9-13-17-21-25-39-56(40-26-22-18-14-10-6-2)43-31-37-52(58)54-50-35-29-33-48(46-50)45-49-34-30-36-51(47-49)55-53(59)38-32-44-57(41-27-23-19-15-11-7-3)42-28-24-20-16-12-8-4/h29-30,33-36,46-47H,5-28,31-32,37-45H2,1-4H3,(H,54,58)(H,55,59). The Hall–Kier alpha value is -2.70. The smallest absolute Gasteiger partial charge is 0.224 e. The van der Waals surface area contributed by atoms with Gasteiger partial charge in [-0.3, -0.25) is 9.59 Å². The normalized spacial score (nSPS) is 11.5. The lowest BCUT2D eigenvalue weighted by atomic mass is 10.0. The van der Waals surface area contributed by atoms with Crippen LogP contribution in [-0.2, 0) is 16.0 Å². The van der Waals surface area contributed by atoms with Crippen molar-refractivity contribution in [1.82, 2.24) is 9.80 Å². The number of nitrogens with zero attached hydrogens (tertiary/aromatic N) is 2. The highest BCUT2D eigenvalue weighted by atomic mass is 16.2. The third kappa shape index (κ3) is 29.2. The minimum absolute atomic E-state index is 0.0962. The van der Waals surface area contributed by atoms with Gasteiger partial charge < -0.3 is 20.4 Å². The van der Waals surface area contributed by atoms with Crippen LogP contribution in [0.2, 0.25) is 0 Å². The van der Waals surface area contributed by atoms with E-state index in [4.69, 9.17) is 0 Å². The molecule has 0 fully saturated rings. The monoisotopic (exact) mass is 817 g/mol. The molecule has 2 N–H and O–H groups in total. The Labute approximate surface area is 364 Å². The third-order valence-electron chi connectivity index (χ3n) is 11.9. The van der Waals surface area contributed by atoms with Gasteiger partial charge >= 0.3 is 0 Å². The molecule has 0 radical (unpaired) electrons. The van der Waals surface area contributed by atoms with E-state index in [-0.39, 0.29) is 11.8 Å². The summed E-state index contributed by atoms with van der Waals surface area (Å²) < 4.78 is 0. The topological polar surface area (TPSA) is 64.7 Å². The van der Waals surface area contributed by atoms with Crippen LogP contribution in [0.1, 0.15) is 219 Å². The van der Waals surface area contributed by atoms with Crippen molar-refractivity contribution in [3.8, 4) is 0 Å². The lowest BCUT2D eigenvalue weighted by Gasteiger charge is -2.22. The lowest BCUT2D eigenvalue weighted by molar-refractivity contribution is -0.117. The predicted molar refractivity (Wildman–Crippen MR) is 258 cm³/mol. The SMILES string of the molecule is CCCCCCCCN(CCCCCCCC)CCCC(=O)Nc1cccc(Cc2cccc(NC(=O)CCCN(CCCCCCCC)CCCCCCCC)c2)c1. The zero-order valence-corrected chi connectivity index (χ0v) is 39.1. The molecule has 0 aliphatic carbocycles. The predicted octanol–water partition coefficient (Wildman–Crippen LogP) is 14.8. The summed E-state index contributed by atoms with van der Waals surface area (Å²) in [5.74, 6) is 0.192. The van der Waals surface area contributed by atoms with Crippen molar-refractivity contribution in [3.05, 3.63) is 59.7 Å². The summed E-state index contributed by atoms with van der Waals surface area (Å²) in [6.45, 7) is 15.8. The Balaban J connectivity index is 1.80. The number of anilines is 2. The summed E-state index contributed by atoms with van der Waals surface area (Å²) in [5.41, 5.74) is 4.00. The highest BCUT2D eigenvalue weighted by molar-refractivity contribution is 5.91. The Morgan fingerprint density at radius 3 is 1.00 bits per heavy atom. The van der Waals surface area contributed by atoms with E-state index in [1.54, 1.807) is 0 Å². The van der Waals surface area contributed by atoms with Crippen molar-refractivity contribution >= 4 is 23.2 Å². The van der Waals surface area contributed by atoms with Crippen molar-refractivity contribution in [2.75, 3.05) is 49.9 Å². The second-order valence-electron chi connectivity index (χ2n) is 17.6. The molecule has 2 aromatic carbocycles. The van der Waals surface area contributed by atoms with Gasteiger partial charge in [0.1, 0.15) is 0 Å². The maximum absolute atomic E-state index is 13.1. The molecule has 0 saturated carbocycles. The molecular weight excluding hydrogens is 725 g/mol. The van der Waals surface area contributed by atoms with E-state index in [2.05, 4.69) is 72.4 Å². The quantitative estimate of drug-likeness (QED) is 0.0658. The number of hydrogen-bond acceptors (Lipinski definition) is 4. The number of nitrogens with one attached hydrogen (secondary N) is 2. The van der Waals surface area contributed by atoms with E-state index in [0.29, 0.717) is 12.8 Å². The Morgan fingerprint density at radius 1 is 0.390 bits per heavy atom. The number of carbonyl (C=O) groups is 2. The summed E-state index contributed by atoms with van der Waals surface area (Å²) in [4.78, 5) is 31.3. The summed E-state index contributed by atoms with van der Waals surface area (Å²) in [6.07, 6.45) is 35.4. The first-order valence-electron chi connectivity index (χ1n) is 25.2. The number of unbranched alkanes of at least 4 members (excludes halogenated alkanes) is 20. The van der Waals surface area contributed by atoms with Gasteiger partial charge in [-0.2, -0.15) is 0 Å². The second-order valence-corrected chi connectivity index (χ2v) is 17.6. The van der Waals surface area contributed by atoms with E-state index in [1.807, 2.05) is 24.3 Å². The molecule has 2 amide bonds. The molecule has 0 bridgehead atoms. The molecule has 6 nitrogen and oxygen atoms in total. The fourth-order valence-corrected chi connectivity index (χ4v) is 8.26. The first kappa shape index (κ1) is 52.4. The summed E-state index contributed by atoms with van der Waals surface area (Å²) in [7, 11) is 0. The molecule has 6 heteroatoms. The molecule has 0 aromatic heterocycles. The fourth-order valence-electron chi connectivity index (χ4n) is 8.26. The van der Waals surface area contributed by atoms with Gasteiger partial charge in [-0.1, -0.05) is 180 Å². The molecule has 0 saturated heterocycles. The van der Waals surface area contributed by atoms with Crippen LogP contribution in [0, 0.1) is 0 Å². The molecule has 2 aromatic rings. The highest BCUT2D eigenvalue weighted by Gasteiger charge is 2.11. The van der Waals surface area contributed by atoms with Crippen LogP contribution < -0.4 is 10.6 Å². The molecular formula is C53H92N4O2. The Kier molecular flexibility index (Phi) is 33.0. The van der Waals surface area contributed by atoms with Gasteiger partial charge in [0.2, 0.25) is 11.8 Å². The van der Waals surface area contributed by atoms with Crippen LogP contribution >= 0.6 is 0 Å². The molecule has 0 aliphatic rings. The van der Waals surface area contributed by atoms with Crippen molar-refractivity contribution in [2.24, 2.45) is 0 Å². The Morgan fingerprint density at radius 2 is 0.678 bits per heavy atom. The minimum Gasteiger partial charge on any atom is -0.326 e. The largest absolute Gasteiger partial charge is 0.326 e. The van der Waals surface area contributed by atoms with E-state index in [0.717, 1.165) is 81.0 Å². The van der Waals surface area contributed by atoms with Gasteiger partial charge in [-0.15, -0.1) is 0 Å².